The molecule has 0 aliphatic carbocycles. The van der Waals surface area contributed by atoms with Crippen molar-refractivity contribution in [2.45, 2.75) is 39.7 Å². The number of rotatable bonds is 6. The summed E-state index contributed by atoms with van der Waals surface area (Å²) in [7, 11) is 0. The molecule has 1 atom stereocenters. The molecule has 0 fully saturated rings. The number of carbonyl (C=O) groups is 1. The molecule has 0 amide bonds. The summed E-state index contributed by atoms with van der Waals surface area (Å²) in [5.74, 6) is 0. The van der Waals surface area contributed by atoms with E-state index in [1.54, 1.807) is 0 Å². The summed E-state index contributed by atoms with van der Waals surface area (Å²) in [5, 5.41) is 0. The zero-order valence-electron chi connectivity index (χ0n) is 8.62. The summed E-state index contributed by atoms with van der Waals surface area (Å²) in [6.45, 7) is 6.49. The Morgan fingerprint density at radius 2 is 2.15 bits per heavy atom. The average molecular weight is 182 g/mol. The first kappa shape index (κ1) is 11.9. The highest BCUT2D eigenvalue weighted by atomic mass is 16.5. The quantitative estimate of drug-likeness (QED) is 0.466. The molecule has 0 N–H and O–H groups in total. The lowest BCUT2D eigenvalue weighted by Gasteiger charge is -2.09. The Labute approximate surface area is 80.3 Å². The van der Waals surface area contributed by atoms with Crippen LogP contribution in [0.5, 0.6) is 0 Å². The fourth-order valence-electron chi connectivity index (χ4n) is 1.06. The van der Waals surface area contributed by atoms with Crippen molar-refractivity contribution in [1.29, 1.82) is 0 Å². The van der Waals surface area contributed by atoms with Crippen LogP contribution in [0.25, 0.3) is 0 Å². The second-order valence-electron chi connectivity index (χ2n) is 3.16. The van der Waals surface area contributed by atoms with Gasteiger partial charge in [-0.05, 0) is 39.7 Å². The topological polar surface area (TPSA) is 26.3 Å². The second-order valence-corrected chi connectivity index (χ2v) is 3.16. The van der Waals surface area contributed by atoms with Crippen LogP contribution in [0.4, 0.5) is 0 Å². The maximum Gasteiger partial charge on any atom is 0.293 e. The third-order valence-electron chi connectivity index (χ3n) is 1.60. The number of allylic oxidation sites excluding steroid dienone is 3. The van der Waals surface area contributed by atoms with Crippen molar-refractivity contribution < 1.29 is 9.53 Å². The molecule has 0 bridgehead atoms. The van der Waals surface area contributed by atoms with Crippen molar-refractivity contribution >= 4 is 6.47 Å². The highest BCUT2D eigenvalue weighted by molar-refractivity contribution is 5.38. The summed E-state index contributed by atoms with van der Waals surface area (Å²) in [6, 6.07) is 0. The minimum atomic E-state index is -0.0706. The molecule has 13 heavy (non-hydrogen) atoms. The fraction of sp³-hybridized carbons (Fsp3) is 0.545. The smallest absolute Gasteiger partial charge is 0.293 e. The van der Waals surface area contributed by atoms with Crippen LogP contribution in [0, 0.1) is 0 Å². The standard InChI is InChI=1S/C11H18O2/c1-4-5-6-7-11(13-9-12)8-10(2)3/h4-5,8-9,11H,6-7H2,1-3H3. The van der Waals surface area contributed by atoms with Crippen molar-refractivity contribution in [3.8, 4) is 0 Å². The Morgan fingerprint density at radius 3 is 2.62 bits per heavy atom. The Hall–Kier alpha value is -1.05. The van der Waals surface area contributed by atoms with Crippen molar-refractivity contribution in [1.82, 2.24) is 0 Å². The summed E-state index contributed by atoms with van der Waals surface area (Å²) < 4.78 is 4.91. The van der Waals surface area contributed by atoms with E-state index in [0.717, 1.165) is 12.8 Å². The highest BCUT2D eigenvalue weighted by Gasteiger charge is 2.03. The van der Waals surface area contributed by atoms with Gasteiger partial charge in [-0.3, -0.25) is 4.79 Å². The molecule has 1 unspecified atom stereocenters. The van der Waals surface area contributed by atoms with Crippen LogP contribution in [-0.4, -0.2) is 12.6 Å². The maximum atomic E-state index is 10.2. The number of hydrogen-bond donors (Lipinski definition) is 0. The molecule has 0 spiro atoms. The lowest BCUT2D eigenvalue weighted by molar-refractivity contribution is -0.131. The van der Waals surface area contributed by atoms with E-state index in [2.05, 4.69) is 6.08 Å². The van der Waals surface area contributed by atoms with E-state index in [0.29, 0.717) is 6.47 Å². The molecule has 0 aromatic heterocycles. The summed E-state index contributed by atoms with van der Waals surface area (Å²) in [4.78, 5) is 10.2. The highest BCUT2D eigenvalue weighted by Crippen LogP contribution is 2.06. The lowest BCUT2D eigenvalue weighted by atomic mass is 10.1. The molecule has 0 radical (unpaired) electrons. The molecule has 0 rings (SSSR count). The van der Waals surface area contributed by atoms with Crippen LogP contribution in [0.15, 0.2) is 23.8 Å². The summed E-state index contributed by atoms with van der Waals surface area (Å²) in [5.41, 5.74) is 1.17. The van der Waals surface area contributed by atoms with Crippen LogP contribution in [-0.2, 0) is 9.53 Å². The van der Waals surface area contributed by atoms with Crippen LogP contribution in [0.1, 0.15) is 33.6 Å². The Morgan fingerprint density at radius 1 is 1.46 bits per heavy atom. The monoisotopic (exact) mass is 182 g/mol. The molecule has 0 aliphatic rings. The van der Waals surface area contributed by atoms with E-state index in [9.17, 15) is 4.79 Å². The van der Waals surface area contributed by atoms with Crippen molar-refractivity contribution in [2.75, 3.05) is 0 Å². The average Bonchev–Trinajstić information content (AvgIpc) is 2.04. The third kappa shape index (κ3) is 7.32. The first-order chi connectivity index (χ1) is 6.20. The van der Waals surface area contributed by atoms with Gasteiger partial charge in [0.15, 0.2) is 0 Å². The van der Waals surface area contributed by atoms with Gasteiger partial charge in [-0.2, -0.15) is 0 Å². The largest absolute Gasteiger partial charge is 0.460 e. The third-order valence-corrected chi connectivity index (χ3v) is 1.60. The van der Waals surface area contributed by atoms with Crippen LogP contribution < -0.4 is 0 Å². The SMILES string of the molecule is CC=CCCC(C=C(C)C)OC=O. The first-order valence-electron chi connectivity index (χ1n) is 4.56. The molecule has 0 aromatic rings. The van der Waals surface area contributed by atoms with Gasteiger partial charge in [-0.15, -0.1) is 0 Å². The molecule has 0 saturated heterocycles. The fourth-order valence-corrected chi connectivity index (χ4v) is 1.06. The van der Waals surface area contributed by atoms with Gasteiger partial charge in [-0.1, -0.05) is 17.7 Å². The van der Waals surface area contributed by atoms with E-state index >= 15 is 0 Å². The van der Waals surface area contributed by atoms with E-state index < -0.39 is 0 Å². The molecule has 0 aliphatic heterocycles. The zero-order valence-corrected chi connectivity index (χ0v) is 8.62. The van der Waals surface area contributed by atoms with Crippen LogP contribution >= 0.6 is 0 Å². The molecule has 0 heterocycles. The van der Waals surface area contributed by atoms with Crippen molar-refractivity contribution in [3.63, 3.8) is 0 Å². The van der Waals surface area contributed by atoms with E-state index in [1.807, 2.05) is 32.9 Å². The van der Waals surface area contributed by atoms with Gasteiger partial charge in [0, 0.05) is 0 Å². The van der Waals surface area contributed by atoms with Gasteiger partial charge in [0.1, 0.15) is 6.10 Å². The Bertz CT molecular complexity index is 188. The molecule has 0 aromatic carbocycles. The Kier molecular flexibility index (Phi) is 6.98. The van der Waals surface area contributed by atoms with E-state index in [1.165, 1.54) is 5.57 Å². The maximum absolute atomic E-state index is 10.2. The van der Waals surface area contributed by atoms with Gasteiger partial charge in [0.2, 0.25) is 0 Å². The predicted octanol–water partition coefficient (Wildman–Crippen LogP) is 2.85. The first-order valence-corrected chi connectivity index (χ1v) is 4.56. The Balaban J connectivity index is 3.94. The van der Waals surface area contributed by atoms with Crippen molar-refractivity contribution in [3.05, 3.63) is 23.8 Å². The normalized spacial score (nSPS) is 12.5. The molecule has 74 valence electrons. The molecular weight excluding hydrogens is 164 g/mol. The van der Waals surface area contributed by atoms with Gasteiger partial charge < -0.3 is 4.74 Å². The van der Waals surface area contributed by atoms with E-state index in [4.69, 9.17) is 4.74 Å². The van der Waals surface area contributed by atoms with E-state index in [-0.39, 0.29) is 6.10 Å². The summed E-state index contributed by atoms with van der Waals surface area (Å²) in [6.07, 6.45) is 7.77. The minimum absolute atomic E-state index is 0.0706. The van der Waals surface area contributed by atoms with Crippen LogP contribution in [0.3, 0.4) is 0 Å². The van der Waals surface area contributed by atoms with Crippen LogP contribution in [0.2, 0.25) is 0 Å². The predicted molar refractivity (Wildman–Crippen MR) is 54.4 cm³/mol. The van der Waals surface area contributed by atoms with Gasteiger partial charge in [-0.25, -0.2) is 0 Å². The zero-order chi connectivity index (χ0) is 10.1. The molecule has 2 heteroatoms. The van der Waals surface area contributed by atoms with Crippen molar-refractivity contribution in [2.24, 2.45) is 0 Å². The molecule has 2 nitrogen and oxygen atoms in total. The summed E-state index contributed by atoms with van der Waals surface area (Å²) >= 11 is 0. The number of hydrogen-bond acceptors (Lipinski definition) is 2. The number of carbonyl (C=O) groups excluding carboxylic acids is 1. The minimum Gasteiger partial charge on any atom is -0.460 e. The lowest BCUT2D eigenvalue weighted by Crippen LogP contribution is -2.08. The van der Waals surface area contributed by atoms with Gasteiger partial charge in [0.05, 0.1) is 0 Å². The second kappa shape index (κ2) is 7.59. The molecule has 0 saturated carbocycles. The van der Waals surface area contributed by atoms with Gasteiger partial charge in [0.25, 0.3) is 6.47 Å². The molecular formula is C11H18O2. The number of ether oxygens (including phenoxy) is 1. The van der Waals surface area contributed by atoms with Gasteiger partial charge >= 0.3 is 0 Å².